The Morgan fingerprint density at radius 3 is 2.57 bits per heavy atom. The molecule has 0 atom stereocenters. The number of nitrogens with zero attached hydrogens (tertiary/aromatic N) is 3. The summed E-state index contributed by atoms with van der Waals surface area (Å²) in [5, 5.41) is 11.6. The lowest BCUT2D eigenvalue weighted by Crippen LogP contribution is -2.49. The number of hydrogen-bond acceptors (Lipinski definition) is 5. The number of piperazine rings is 1. The minimum Gasteiger partial charge on any atom is -0.496 e. The van der Waals surface area contributed by atoms with Gasteiger partial charge < -0.3 is 14.5 Å². The molecule has 1 heterocycles. The van der Waals surface area contributed by atoms with Crippen molar-refractivity contribution >= 4 is 28.9 Å². The van der Waals surface area contributed by atoms with Crippen LogP contribution >= 0.6 is 11.6 Å². The van der Waals surface area contributed by atoms with Crippen LogP contribution in [0.4, 0.5) is 11.4 Å². The number of benzene rings is 2. The lowest BCUT2D eigenvalue weighted by atomic mass is 10.1. The molecule has 7 nitrogen and oxygen atoms in total. The van der Waals surface area contributed by atoms with Gasteiger partial charge in [0, 0.05) is 43.7 Å². The van der Waals surface area contributed by atoms with Gasteiger partial charge in [-0.15, -0.1) is 0 Å². The zero-order valence-corrected chi connectivity index (χ0v) is 16.4. The first-order chi connectivity index (χ1) is 13.5. The molecule has 0 aliphatic carbocycles. The van der Waals surface area contributed by atoms with E-state index >= 15 is 0 Å². The van der Waals surface area contributed by atoms with Crippen molar-refractivity contribution in [3.8, 4) is 5.75 Å². The fourth-order valence-electron chi connectivity index (χ4n) is 3.42. The third-order valence-electron chi connectivity index (χ3n) is 4.91. The SMILES string of the molecule is COc1ccccc1CCC(=O)N1CCN(c2ccc(Cl)cc2[N+](=O)[O-])CC1. The molecule has 0 aromatic heterocycles. The average molecular weight is 404 g/mol. The predicted octanol–water partition coefficient (Wildman–Crippen LogP) is 3.54. The molecule has 1 amide bonds. The molecule has 0 bridgehead atoms. The van der Waals surface area contributed by atoms with Crippen molar-refractivity contribution in [2.45, 2.75) is 12.8 Å². The highest BCUT2D eigenvalue weighted by Gasteiger charge is 2.26. The third-order valence-corrected chi connectivity index (χ3v) is 5.14. The molecule has 8 heteroatoms. The van der Waals surface area contributed by atoms with Crippen molar-refractivity contribution < 1.29 is 14.5 Å². The first kappa shape index (κ1) is 19.9. The fraction of sp³-hybridized carbons (Fsp3) is 0.350. The summed E-state index contributed by atoms with van der Waals surface area (Å²) in [4.78, 5) is 27.2. The number of hydrogen-bond donors (Lipinski definition) is 0. The maximum atomic E-state index is 12.6. The zero-order chi connectivity index (χ0) is 20.1. The van der Waals surface area contributed by atoms with E-state index in [-0.39, 0.29) is 11.6 Å². The minimum absolute atomic E-state index is 0.0107. The highest BCUT2D eigenvalue weighted by Crippen LogP contribution is 2.31. The fourth-order valence-corrected chi connectivity index (χ4v) is 3.58. The summed E-state index contributed by atoms with van der Waals surface area (Å²) in [5.41, 5.74) is 1.53. The average Bonchev–Trinajstić information content (AvgIpc) is 2.72. The Bertz CT molecular complexity index is 866. The summed E-state index contributed by atoms with van der Waals surface area (Å²) >= 11 is 5.89. The minimum atomic E-state index is -0.425. The van der Waals surface area contributed by atoms with Crippen molar-refractivity contribution in [3.63, 3.8) is 0 Å². The second-order valence-electron chi connectivity index (χ2n) is 6.57. The van der Waals surface area contributed by atoms with Crippen molar-refractivity contribution in [2.75, 3.05) is 38.2 Å². The number of carbonyl (C=O) groups is 1. The summed E-state index contributed by atoms with van der Waals surface area (Å²) in [6.07, 6.45) is 1.02. The summed E-state index contributed by atoms with van der Waals surface area (Å²) < 4.78 is 5.33. The first-order valence-corrected chi connectivity index (χ1v) is 9.46. The Morgan fingerprint density at radius 1 is 1.18 bits per heavy atom. The molecule has 1 aliphatic heterocycles. The molecular formula is C20H22ClN3O4. The molecular weight excluding hydrogens is 382 g/mol. The molecule has 148 valence electrons. The van der Waals surface area contributed by atoms with Crippen LogP contribution in [0.25, 0.3) is 0 Å². The van der Waals surface area contributed by atoms with Crippen LogP contribution in [0.15, 0.2) is 42.5 Å². The van der Waals surface area contributed by atoms with E-state index in [1.54, 1.807) is 19.2 Å². The number of aryl methyl sites for hydroxylation is 1. The van der Waals surface area contributed by atoms with Gasteiger partial charge in [0.05, 0.1) is 12.0 Å². The van der Waals surface area contributed by atoms with Crippen molar-refractivity contribution in [2.24, 2.45) is 0 Å². The van der Waals surface area contributed by atoms with Crippen LogP contribution in [0.3, 0.4) is 0 Å². The van der Waals surface area contributed by atoms with E-state index in [0.717, 1.165) is 11.3 Å². The molecule has 0 N–H and O–H groups in total. The standard InChI is InChI=1S/C20H22ClN3O4/c1-28-19-5-3-2-4-15(19)6-9-20(25)23-12-10-22(11-13-23)17-8-7-16(21)14-18(17)24(26)27/h2-5,7-8,14H,6,9-13H2,1H3. The van der Waals surface area contributed by atoms with E-state index in [4.69, 9.17) is 16.3 Å². The van der Waals surface area contributed by atoms with E-state index in [0.29, 0.717) is 49.7 Å². The quantitative estimate of drug-likeness (QED) is 0.544. The molecule has 2 aromatic carbocycles. The number of anilines is 1. The molecule has 1 saturated heterocycles. The second-order valence-corrected chi connectivity index (χ2v) is 7.01. The maximum absolute atomic E-state index is 12.6. The van der Waals surface area contributed by atoms with Gasteiger partial charge in [0.2, 0.25) is 5.91 Å². The largest absolute Gasteiger partial charge is 0.496 e. The maximum Gasteiger partial charge on any atom is 0.294 e. The number of carbonyl (C=O) groups excluding carboxylic acids is 1. The zero-order valence-electron chi connectivity index (χ0n) is 15.6. The van der Waals surface area contributed by atoms with Gasteiger partial charge in [-0.25, -0.2) is 0 Å². The Labute approximate surface area is 168 Å². The van der Waals surface area contributed by atoms with Crippen LogP contribution < -0.4 is 9.64 Å². The molecule has 0 unspecified atom stereocenters. The first-order valence-electron chi connectivity index (χ1n) is 9.08. The summed E-state index contributed by atoms with van der Waals surface area (Å²) in [6, 6.07) is 12.4. The van der Waals surface area contributed by atoms with Gasteiger partial charge in [-0.05, 0) is 30.2 Å². The van der Waals surface area contributed by atoms with E-state index in [9.17, 15) is 14.9 Å². The number of nitro benzene ring substituents is 1. The van der Waals surface area contributed by atoms with Gasteiger partial charge in [0.15, 0.2) is 0 Å². The number of ether oxygens (including phenoxy) is 1. The highest BCUT2D eigenvalue weighted by atomic mass is 35.5. The Kier molecular flexibility index (Phi) is 6.36. The van der Waals surface area contributed by atoms with E-state index in [1.807, 2.05) is 34.1 Å². The summed E-state index contributed by atoms with van der Waals surface area (Å²) in [7, 11) is 1.62. The van der Waals surface area contributed by atoms with E-state index < -0.39 is 4.92 Å². The molecule has 0 spiro atoms. The molecule has 28 heavy (non-hydrogen) atoms. The Morgan fingerprint density at radius 2 is 1.89 bits per heavy atom. The molecule has 0 radical (unpaired) electrons. The normalized spacial score (nSPS) is 14.1. The molecule has 2 aromatic rings. The van der Waals surface area contributed by atoms with Crippen LogP contribution in [0.5, 0.6) is 5.75 Å². The lowest BCUT2D eigenvalue weighted by molar-refractivity contribution is -0.384. The van der Waals surface area contributed by atoms with Crippen LogP contribution in [-0.4, -0.2) is 49.0 Å². The number of para-hydroxylation sites is 1. The third kappa shape index (κ3) is 4.54. The number of rotatable bonds is 6. The van der Waals surface area contributed by atoms with Gasteiger partial charge in [0.25, 0.3) is 5.69 Å². The number of amides is 1. The van der Waals surface area contributed by atoms with Crippen LogP contribution in [0.2, 0.25) is 5.02 Å². The van der Waals surface area contributed by atoms with Gasteiger partial charge in [0.1, 0.15) is 11.4 Å². The van der Waals surface area contributed by atoms with Gasteiger partial charge in [-0.2, -0.15) is 0 Å². The Hall–Kier alpha value is -2.80. The smallest absolute Gasteiger partial charge is 0.294 e. The number of nitro groups is 1. The van der Waals surface area contributed by atoms with Crippen molar-refractivity contribution in [3.05, 3.63) is 63.2 Å². The highest BCUT2D eigenvalue weighted by molar-refractivity contribution is 6.30. The van der Waals surface area contributed by atoms with Crippen LogP contribution in [-0.2, 0) is 11.2 Å². The van der Waals surface area contributed by atoms with E-state index in [2.05, 4.69) is 0 Å². The van der Waals surface area contributed by atoms with Gasteiger partial charge >= 0.3 is 0 Å². The monoisotopic (exact) mass is 403 g/mol. The Balaban J connectivity index is 1.58. The predicted molar refractivity (Wildman–Crippen MR) is 108 cm³/mol. The van der Waals surface area contributed by atoms with Crippen LogP contribution in [0.1, 0.15) is 12.0 Å². The topological polar surface area (TPSA) is 75.9 Å². The lowest BCUT2D eigenvalue weighted by Gasteiger charge is -2.36. The summed E-state index contributed by atoms with van der Waals surface area (Å²) in [6.45, 7) is 2.15. The number of halogens is 1. The van der Waals surface area contributed by atoms with Crippen molar-refractivity contribution in [1.29, 1.82) is 0 Å². The van der Waals surface area contributed by atoms with Crippen molar-refractivity contribution in [1.82, 2.24) is 4.90 Å². The number of methoxy groups -OCH3 is 1. The van der Waals surface area contributed by atoms with E-state index in [1.165, 1.54) is 6.07 Å². The molecule has 0 saturated carbocycles. The van der Waals surface area contributed by atoms with Gasteiger partial charge in [-0.3, -0.25) is 14.9 Å². The van der Waals surface area contributed by atoms with Gasteiger partial charge in [-0.1, -0.05) is 29.8 Å². The van der Waals surface area contributed by atoms with Crippen LogP contribution in [0, 0.1) is 10.1 Å². The second kappa shape index (κ2) is 8.93. The molecule has 3 rings (SSSR count). The molecule has 1 aliphatic rings. The molecule has 1 fully saturated rings. The summed E-state index contributed by atoms with van der Waals surface area (Å²) in [5.74, 6) is 0.867.